The summed E-state index contributed by atoms with van der Waals surface area (Å²) in [5.41, 5.74) is 0. The SMILES string of the molecule is CN=C(NCCCOCC1CC1)NCCOCC1CC1.I. The molecule has 0 saturated heterocycles. The van der Waals surface area contributed by atoms with Crippen LogP contribution < -0.4 is 10.6 Å². The maximum absolute atomic E-state index is 5.59. The van der Waals surface area contributed by atoms with Crippen molar-refractivity contribution in [3.05, 3.63) is 0 Å². The van der Waals surface area contributed by atoms with E-state index in [1.54, 1.807) is 7.05 Å². The van der Waals surface area contributed by atoms with E-state index < -0.39 is 0 Å². The van der Waals surface area contributed by atoms with Gasteiger partial charge in [-0.1, -0.05) is 0 Å². The van der Waals surface area contributed by atoms with Crippen LogP contribution in [-0.2, 0) is 9.47 Å². The zero-order valence-electron chi connectivity index (χ0n) is 13.1. The van der Waals surface area contributed by atoms with Crippen LogP contribution in [0.3, 0.4) is 0 Å². The Morgan fingerprint density at radius 2 is 1.52 bits per heavy atom. The predicted molar refractivity (Wildman–Crippen MR) is 96.5 cm³/mol. The molecule has 0 unspecified atom stereocenters. The lowest BCUT2D eigenvalue weighted by Gasteiger charge is -2.12. The van der Waals surface area contributed by atoms with Crippen LogP contribution in [0.4, 0.5) is 0 Å². The van der Waals surface area contributed by atoms with Gasteiger partial charge in [-0.3, -0.25) is 4.99 Å². The molecular formula is C15H30IN3O2. The first-order valence-corrected chi connectivity index (χ1v) is 7.98. The second-order valence-corrected chi connectivity index (χ2v) is 5.82. The second-order valence-electron chi connectivity index (χ2n) is 5.82. The van der Waals surface area contributed by atoms with Gasteiger partial charge in [0.15, 0.2) is 5.96 Å². The highest BCUT2D eigenvalue weighted by molar-refractivity contribution is 14.0. The average Bonchev–Trinajstić information content (AvgIpc) is 3.34. The highest BCUT2D eigenvalue weighted by atomic mass is 127. The summed E-state index contributed by atoms with van der Waals surface area (Å²) < 4.78 is 11.2. The number of guanidine groups is 1. The van der Waals surface area contributed by atoms with E-state index in [2.05, 4.69) is 15.6 Å². The summed E-state index contributed by atoms with van der Waals surface area (Å²) in [6.45, 7) is 5.17. The van der Waals surface area contributed by atoms with E-state index in [0.29, 0.717) is 0 Å². The van der Waals surface area contributed by atoms with Crippen molar-refractivity contribution in [3.63, 3.8) is 0 Å². The van der Waals surface area contributed by atoms with Crippen molar-refractivity contribution in [2.24, 2.45) is 16.8 Å². The second kappa shape index (κ2) is 11.5. The molecule has 0 spiro atoms. The fourth-order valence-corrected chi connectivity index (χ4v) is 1.91. The number of hydrogen-bond acceptors (Lipinski definition) is 3. The van der Waals surface area contributed by atoms with Gasteiger partial charge >= 0.3 is 0 Å². The third-order valence-electron chi connectivity index (χ3n) is 3.62. The van der Waals surface area contributed by atoms with Crippen molar-refractivity contribution in [3.8, 4) is 0 Å². The third kappa shape index (κ3) is 10.3. The molecule has 2 saturated carbocycles. The predicted octanol–water partition coefficient (Wildman–Crippen LogP) is 2.01. The molecule has 124 valence electrons. The van der Waals surface area contributed by atoms with E-state index in [0.717, 1.165) is 63.7 Å². The first kappa shape index (κ1) is 19.0. The molecule has 2 rings (SSSR count). The van der Waals surface area contributed by atoms with Gasteiger partial charge in [-0.2, -0.15) is 0 Å². The van der Waals surface area contributed by atoms with Crippen molar-refractivity contribution < 1.29 is 9.47 Å². The van der Waals surface area contributed by atoms with Gasteiger partial charge in [0, 0.05) is 40.0 Å². The summed E-state index contributed by atoms with van der Waals surface area (Å²) in [6.07, 6.45) is 6.43. The molecule has 2 aliphatic carbocycles. The summed E-state index contributed by atoms with van der Waals surface area (Å²) in [7, 11) is 1.80. The summed E-state index contributed by atoms with van der Waals surface area (Å²) in [5, 5.41) is 6.54. The van der Waals surface area contributed by atoms with Crippen molar-refractivity contribution in [1.82, 2.24) is 10.6 Å². The smallest absolute Gasteiger partial charge is 0.191 e. The molecular weight excluding hydrogens is 381 g/mol. The number of rotatable bonds is 11. The van der Waals surface area contributed by atoms with Gasteiger partial charge in [-0.05, 0) is 43.9 Å². The molecule has 0 amide bonds. The molecule has 0 aromatic carbocycles. The van der Waals surface area contributed by atoms with Crippen LogP contribution in [-0.4, -0.2) is 52.5 Å². The van der Waals surface area contributed by atoms with Gasteiger partial charge < -0.3 is 20.1 Å². The molecule has 0 radical (unpaired) electrons. The highest BCUT2D eigenvalue weighted by Gasteiger charge is 2.21. The first-order valence-electron chi connectivity index (χ1n) is 7.98. The molecule has 0 aromatic heterocycles. The molecule has 21 heavy (non-hydrogen) atoms. The van der Waals surface area contributed by atoms with E-state index in [4.69, 9.17) is 9.47 Å². The summed E-state index contributed by atoms with van der Waals surface area (Å²) in [6, 6.07) is 0. The van der Waals surface area contributed by atoms with Gasteiger partial charge in [0.05, 0.1) is 6.61 Å². The largest absolute Gasteiger partial charge is 0.381 e. The fourth-order valence-electron chi connectivity index (χ4n) is 1.91. The summed E-state index contributed by atoms with van der Waals surface area (Å²) in [4.78, 5) is 4.19. The lowest BCUT2D eigenvalue weighted by Crippen LogP contribution is -2.39. The average molecular weight is 411 g/mol. The minimum absolute atomic E-state index is 0. The fraction of sp³-hybridized carbons (Fsp3) is 0.933. The van der Waals surface area contributed by atoms with E-state index in [9.17, 15) is 0 Å². The molecule has 0 aliphatic heterocycles. The van der Waals surface area contributed by atoms with Crippen molar-refractivity contribution >= 4 is 29.9 Å². The molecule has 0 atom stereocenters. The molecule has 6 heteroatoms. The number of nitrogens with one attached hydrogen (secondary N) is 2. The first-order chi connectivity index (χ1) is 9.88. The Hall–Kier alpha value is -0.0800. The van der Waals surface area contributed by atoms with Crippen molar-refractivity contribution in [2.45, 2.75) is 32.1 Å². The Morgan fingerprint density at radius 1 is 0.952 bits per heavy atom. The molecule has 0 heterocycles. The topological polar surface area (TPSA) is 54.9 Å². The molecule has 5 nitrogen and oxygen atoms in total. The standard InChI is InChI=1S/C15H29N3O2.HI/c1-16-15(18-8-10-20-12-14-5-6-14)17-7-2-9-19-11-13-3-4-13;/h13-14H,2-12H2,1H3,(H2,16,17,18);1H. The minimum Gasteiger partial charge on any atom is -0.381 e. The Kier molecular flexibility index (Phi) is 10.4. The Morgan fingerprint density at radius 3 is 2.10 bits per heavy atom. The molecule has 0 aromatic rings. The molecule has 2 fully saturated rings. The lowest BCUT2D eigenvalue weighted by atomic mass is 10.4. The monoisotopic (exact) mass is 411 g/mol. The van der Waals surface area contributed by atoms with E-state index >= 15 is 0 Å². The van der Waals surface area contributed by atoms with Crippen LogP contribution in [0.15, 0.2) is 4.99 Å². The van der Waals surface area contributed by atoms with Crippen LogP contribution in [0.25, 0.3) is 0 Å². The van der Waals surface area contributed by atoms with Gasteiger partial charge in [0.25, 0.3) is 0 Å². The highest BCUT2D eigenvalue weighted by Crippen LogP contribution is 2.29. The van der Waals surface area contributed by atoms with E-state index in [-0.39, 0.29) is 24.0 Å². The van der Waals surface area contributed by atoms with E-state index in [1.165, 1.54) is 25.7 Å². The summed E-state index contributed by atoms with van der Waals surface area (Å²) >= 11 is 0. The molecule has 2 N–H and O–H groups in total. The number of nitrogens with zero attached hydrogens (tertiary/aromatic N) is 1. The summed E-state index contributed by atoms with van der Waals surface area (Å²) in [5.74, 6) is 2.54. The van der Waals surface area contributed by atoms with Crippen LogP contribution in [0.2, 0.25) is 0 Å². The Balaban J connectivity index is 0.00000220. The van der Waals surface area contributed by atoms with Gasteiger partial charge in [-0.15, -0.1) is 24.0 Å². The molecule has 0 bridgehead atoms. The Bertz CT molecular complexity index is 295. The van der Waals surface area contributed by atoms with Gasteiger partial charge in [0.1, 0.15) is 0 Å². The zero-order chi connectivity index (χ0) is 14.0. The number of ether oxygens (including phenoxy) is 2. The van der Waals surface area contributed by atoms with Crippen LogP contribution >= 0.6 is 24.0 Å². The molecule has 2 aliphatic rings. The van der Waals surface area contributed by atoms with Crippen molar-refractivity contribution in [1.29, 1.82) is 0 Å². The van der Waals surface area contributed by atoms with Crippen LogP contribution in [0, 0.1) is 11.8 Å². The van der Waals surface area contributed by atoms with Crippen LogP contribution in [0.5, 0.6) is 0 Å². The maximum atomic E-state index is 5.59. The minimum atomic E-state index is 0. The number of hydrogen-bond donors (Lipinski definition) is 2. The maximum Gasteiger partial charge on any atom is 0.191 e. The zero-order valence-corrected chi connectivity index (χ0v) is 15.4. The lowest BCUT2D eigenvalue weighted by molar-refractivity contribution is 0.122. The normalized spacial score (nSPS) is 18.2. The number of aliphatic imine (C=N–C) groups is 1. The van der Waals surface area contributed by atoms with E-state index in [1.807, 2.05) is 0 Å². The van der Waals surface area contributed by atoms with Crippen molar-refractivity contribution in [2.75, 3.05) is 46.6 Å². The Labute approximate surface area is 145 Å². The third-order valence-corrected chi connectivity index (χ3v) is 3.62. The van der Waals surface area contributed by atoms with Gasteiger partial charge in [0.2, 0.25) is 0 Å². The number of halogens is 1. The van der Waals surface area contributed by atoms with Gasteiger partial charge in [-0.25, -0.2) is 0 Å². The van der Waals surface area contributed by atoms with Crippen LogP contribution in [0.1, 0.15) is 32.1 Å². The quantitative estimate of drug-likeness (QED) is 0.237.